The lowest BCUT2D eigenvalue weighted by molar-refractivity contribution is -0.136. The number of methoxy groups -OCH3 is 1. The van der Waals surface area contributed by atoms with Crippen molar-refractivity contribution in [2.45, 2.75) is 34.7 Å². The first-order valence-corrected chi connectivity index (χ1v) is 27.6. The van der Waals surface area contributed by atoms with Gasteiger partial charge in [0.25, 0.3) is 20.0 Å². The minimum Gasteiger partial charge on any atom is -0.508 e. The number of nitrogens with zero attached hydrogens (tertiary/aromatic N) is 2. The van der Waals surface area contributed by atoms with Crippen molar-refractivity contribution in [3.8, 4) is 28.7 Å². The van der Waals surface area contributed by atoms with Gasteiger partial charge in [-0.3, -0.25) is 27.8 Å². The number of esters is 1. The standard InChI is InChI=1S/C55H48N6O16S3/c1-75-36-14-18-38(19-15-36)80(73,74)61(31-52(68)69)46-24-23-45(39-5-2-3-6-40(39)46)60(30-51(66)67)79(71,72)37-16-9-32(10-17-37)58-50(65)8-4-7-49(64)56-25-26-57-54(78)59-33-11-20-42-41(27-33)53(70)77-55(42)43-21-12-34(62)28-47(43)76-48-29-35(63)13-22-44(48)55/h2-3,5-6,9-24,27-29,62-63H,4,7-8,25-26,30-31H2,1H3,(H,56,64)(H,58,65)(H,66,67)(H,68,69)(H2,57,59,78). The molecule has 412 valence electrons. The third-order valence-corrected chi connectivity index (χ3v) is 16.7. The van der Waals surface area contributed by atoms with Crippen molar-refractivity contribution in [2.24, 2.45) is 0 Å². The number of carboxylic acids is 2. The van der Waals surface area contributed by atoms with Crippen molar-refractivity contribution >= 4 is 101 Å². The van der Waals surface area contributed by atoms with E-state index in [1.54, 1.807) is 30.3 Å². The lowest BCUT2D eigenvalue weighted by atomic mass is 9.77. The molecule has 0 unspecified atom stereocenters. The van der Waals surface area contributed by atoms with Crippen LogP contribution in [0.1, 0.15) is 46.3 Å². The van der Waals surface area contributed by atoms with Gasteiger partial charge in [-0.1, -0.05) is 30.3 Å². The summed E-state index contributed by atoms with van der Waals surface area (Å²) in [5, 5.41) is 51.9. The van der Waals surface area contributed by atoms with Crippen molar-refractivity contribution in [3.63, 3.8) is 0 Å². The summed E-state index contributed by atoms with van der Waals surface area (Å²) in [5.74, 6) is -3.74. The van der Waals surface area contributed by atoms with Crippen molar-refractivity contribution in [1.29, 1.82) is 0 Å². The molecular formula is C55H48N6O16S3. The summed E-state index contributed by atoms with van der Waals surface area (Å²) in [4.78, 5) is 62.7. The Kier molecular flexibility index (Phi) is 15.5. The predicted molar refractivity (Wildman–Crippen MR) is 295 cm³/mol. The van der Waals surface area contributed by atoms with E-state index < -0.39 is 62.6 Å². The van der Waals surface area contributed by atoms with E-state index in [4.69, 9.17) is 26.4 Å². The number of fused-ring (bicyclic) bond motifs is 7. The van der Waals surface area contributed by atoms with E-state index in [9.17, 15) is 61.2 Å². The van der Waals surface area contributed by atoms with Gasteiger partial charge in [0.2, 0.25) is 11.8 Å². The van der Waals surface area contributed by atoms with Crippen LogP contribution < -0.4 is 39.4 Å². The molecule has 2 heterocycles. The number of phenols is 2. The number of benzene rings is 7. The highest BCUT2D eigenvalue weighted by Crippen LogP contribution is 2.57. The molecule has 7 aromatic carbocycles. The van der Waals surface area contributed by atoms with Crippen LogP contribution in [-0.2, 0) is 49.6 Å². The Hall–Kier alpha value is -9.46. The second-order valence-corrected chi connectivity index (χ2v) is 22.2. The molecule has 0 aromatic heterocycles. The Morgan fingerprint density at radius 3 is 1.65 bits per heavy atom. The Morgan fingerprint density at radius 1 is 0.613 bits per heavy atom. The van der Waals surface area contributed by atoms with Crippen LogP contribution in [0.15, 0.2) is 149 Å². The maximum absolute atomic E-state index is 14.3. The van der Waals surface area contributed by atoms with Gasteiger partial charge >= 0.3 is 17.9 Å². The van der Waals surface area contributed by atoms with E-state index in [2.05, 4.69) is 21.3 Å². The van der Waals surface area contributed by atoms with E-state index in [0.717, 1.165) is 0 Å². The van der Waals surface area contributed by atoms with Gasteiger partial charge in [-0.15, -0.1) is 0 Å². The first-order chi connectivity index (χ1) is 38.2. The summed E-state index contributed by atoms with van der Waals surface area (Å²) < 4.78 is 75.0. The molecule has 0 radical (unpaired) electrons. The first-order valence-electron chi connectivity index (χ1n) is 24.3. The number of hydrogen-bond donors (Lipinski definition) is 8. The Labute approximate surface area is 462 Å². The van der Waals surface area contributed by atoms with Crippen LogP contribution in [0.4, 0.5) is 22.7 Å². The van der Waals surface area contributed by atoms with Crippen LogP contribution >= 0.6 is 12.2 Å². The summed E-state index contributed by atoms with van der Waals surface area (Å²) >= 11 is 5.46. The van der Waals surface area contributed by atoms with Crippen LogP contribution in [0.2, 0.25) is 0 Å². The number of ether oxygens (including phenoxy) is 3. The molecule has 7 aromatic rings. The maximum Gasteiger partial charge on any atom is 0.340 e. The predicted octanol–water partition coefficient (Wildman–Crippen LogP) is 6.60. The number of carbonyl (C=O) groups excluding carboxylic acids is 3. The fourth-order valence-electron chi connectivity index (χ4n) is 9.32. The van der Waals surface area contributed by atoms with Gasteiger partial charge in [0.15, 0.2) is 10.7 Å². The summed E-state index contributed by atoms with van der Waals surface area (Å²) in [5.41, 5.74) is 0.679. The topological polar surface area (TPSA) is 317 Å². The molecule has 80 heavy (non-hydrogen) atoms. The van der Waals surface area contributed by atoms with Crippen LogP contribution in [0.3, 0.4) is 0 Å². The number of aliphatic carboxylic acids is 2. The van der Waals surface area contributed by atoms with Crippen molar-refractivity contribution in [2.75, 3.05) is 52.5 Å². The number of amides is 2. The molecule has 0 fully saturated rings. The highest BCUT2D eigenvalue weighted by molar-refractivity contribution is 7.93. The first kappa shape index (κ1) is 55.3. The van der Waals surface area contributed by atoms with Gasteiger partial charge in [-0.05, 0) is 116 Å². The monoisotopic (exact) mass is 1140 g/mol. The SMILES string of the molecule is COc1ccc(S(=O)(=O)N(CC(=O)O)c2ccc(N(CC(=O)O)S(=O)(=O)c3ccc(NC(=O)CCCC(=O)NCCNC(=S)Nc4ccc5c(c4)C(=O)OC54c5ccc(O)cc5Oc5cc(O)ccc54)cc3)c3ccccc23)cc1. The van der Waals surface area contributed by atoms with Crippen molar-refractivity contribution in [1.82, 2.24) is 10.6 Å². The molecule has 25 heteroatoms. The quantitative estimate of drug-likeness (QED) is 0.0226. The molecule has 2 aliphatic rings. The van der Waals surface area contributed by atoms with Crippen LogP contribution in [0.25, 0.3) is 10.8 Å². The van der Waals surface area contributed by atoms with Crippen molar-refractivity contribution in [3.05, 3.63) is 162 Å². The van der Waals surface area contributed by atoms with E-state index in [1.165, 1.54) is 116 Å². The Morgan fingerprint density at radius 2 is 1.11 bits per heavy atom. The van der Waals surface area contributed by atoms with Gasteiger partial charge < -0.3 is 55.9 Å². The number of phenolic OH excluding ortho intramolecular Hbond substituents is 2. The zero-order chi connectivity index (χ0) is 57.1. The summed E-state index contributed by atoms with van der Waals surface area (Å²) in [7, 11) is -7.83. The number of carbonyl (C=O) groups is 5. The smallest absolute Gasteiger partial charge is 0.340 e. The fourth-order valence-corrected chi connectivity index (χ4v) is 12.4. The molecule has 9 rings (SSSR count). The Balaban J connectivity index is 0.772. The number of hydrogen-bond acceptors (Lipinski definition) is 15. The van der Waals surface area contributed by atoms with E-state index in [0.29, 0.717) is 36.7 Å². The maximum atomic E-state index is 14.3. The molecule has 2 aliphatic heterocycles. The van der Waals surface area contributed by atoms with Gasteiger partial charge in [-0.25, -0.2) is 21.6 Å². The second-order valence-electron chi connectivity index (χ2n) is 18.1. The van der Waals surface area contributed by atoms with Crippen LogP contribution in [0, 0.1) is 0 Å². The zero-order valence-corrected chi connectivity index (χ0v) is 44.5. The van der Waals surface area contributed by atoms with Gasteiger partial charge in [0.05, 0.1) is 33.8 Å². The zero-order valence-electron chi connectivity index (χ0n) is 42.0. The third-order valence-electron chi connectivity index (χ3n) is 12.9. The van der Waals surface area contributed by atoms with Crippen LogP contribution in [0.5, 0.6) is 28.7 Å². The highest BCUT2D eigenvalue weighted by Gasteiger charge is 2.54. The average Bonchev–Trinajstić information content (AvgIpc) is 3.86. The van der Waals surface area contributed by atoms with Crippen molar-refractivity contribution < 1.29 is 75.4 Å². The Bertz CT molecular complexity index is 3830. The fraction of sp³-hybridized carbons (Fsp3) is 0.164. The molecule has 0 bridgehead atoms. The number of sulfonamides is 2. The average molecular weight is 1150 g/mol. The number of anilines is 4. The largest absolute Gasteiger partial charge is 0.508 e. The highest BCUT2D eigenvalue weighted by atomic mass is 32.2. The van der Waals surface area contributed by atoms with E-state index in [1.807, 2.05) is 0 Å². The lowest BCUT2D eigenvalue weighted by Crippen LogP contribution is -2.37. The second kappa shape index (κ2) is 22.5. The summed E-state index contributed by atoms with van der Waals surface area (Å²) in [6, 6.07) is 32.5. The molecule has 22 nitrogen and oxygen atoms in total. The normalized spacial score (nSPS) is 12.9. The molecule has 0 saturated heterocycles. The summed E-state index contributed by atoms with van der Waals surface area (Å²) in [6.45, 7) is -1.69. The summed E-state index contributed by atoms with van der Waals surface area (Å²) in [6.07, 6.45) is 0.0809. The lowest BCUT2D eigenvalue weighted by Gasteiger charge is -2.36. The molecule has 1 spiro atoms. The number of aromatic hydroxyl groups is 2. The molecular weight excluding hydrogens is 1100 g/mol. The molecule has 8 N–H and O–H groups in total. The van der Waals surface area contributed by atoms with E-state index in [-0.39, 0.29) is 110 Å². The molecule has 0 saturated carbocycles. The van der Waals surface area contributed by atoms with E-state index >= 15 is 0 Å². The molecule has 0 aliphatic carbocycles. The minimum atomic E-state index is -4.68. The van der Waals surface area contributed by atoms with Gasteiger partial charge in [0.1, 0.15) is 41.8 Å². The molecule has 0 atom stereocenters. The number of carboxylic acid groups (broad SMARTS) is 2. The number of nitrogens with one attached hydrogen (secondary N) is 4. The third kappa shape index (κ3) is 11.1. The van der Waals surface area contributed by atoms with Gasteiger partial charge in [0, 0.05) is 76.9 Å². The molecule has 2 amide bonds. The van der Waals surface area contributed by atoms with Gasteiger partial charge in [-0.2, -0.15) is 0 Å². The number of rotatable bonds is 20. The van der Waals surface area contributed by atoms with Crippen LogP contribution in [-0.4, -0.2) is 105 Å². The number of thiocarbonyl (C=S) groups is 1. The minimum absolute atomic E-state index is 0.00540.